The highest BCUT2D eigenvalue weighted by Crippen LogP contribution is 2.35. The van der Waals surface area contributed by atoms with Gasteiger partial charge in [0.15, 0.2) is 11.6 Å². The molecule has 4 aromatic rings. The molecule has 9 nitrogen and oxygen atoms in total. The number of halogens is 2. The number of fused-ring (bicyclic) bond motifs is 1. The predicted octanol–water partition coefficient (Wildman–Crippen LogP) is 6.10. The van der Waals surface area contributed by atoms with E-state index in [9.17, 15) is 0 Å². The maximum atomic E-state index is 15.1. The summed E-state index contributed by atoms with van der Waals surface area (Å²) in [6.07, 6.45) is 3.31. The molecule has 0 radical (unpaired) electrons. The molecule has 0 unspecified atom stereocenters. The number of piperazine rings is 1. The lowest BCUT2D eigenvalue weighted by molar-refractivity contribution is 0.0321. The summed E-state index contributed by atoms with van der Waals surface area (Å²) in [4.78, 5) is 17.9. The van der Waals surface area contributed by atoms with Gasteiger partial charge in [-0.3, -0.25) is 4.90 Å². The first kappa shape index (κ1) is 29.3. The van der Waals surface area contributed by atoms with Gasteiger partial charge in [-0.05, 0) is 64.8 Å². The second-order valence-corrected chi connectivity index (χ2v) is 11.4. The van der Waals surface area contributed by atoms with Gasteiger partial charge in [0.1, 0.15) is 22.8 Å². The number of benzene rings is 2. The second kappa shape index (κ2) is 12.4. The molecule has 2 aromatic carbocycles. The molecule has 43 heavy (non-hydrogen) atoms. The number of rotatable bonds is 8. The van der Waals surface area contributed by atoms with Gasteiger partial charge in [0.2, 0.25) is 5.95 Å². The SMILES string of the molecule is CCOc1cc(Nc2ncc(F)c(-c3cc(F)c4nc(C)n(C(C)C)c4c3)n2)ccc1N1CCN(C2CCOCC2)CC1. The van der Waals surface area contributed by atoms with E-state index in [2.05, 4.69) is 30.1 Å². The largest absolute Gasteiger partial charge is 0.492 e. The fourth-order valence-corrected chi connectivity index (χ4v) is 6.32. The Morgan fingerprint density at radius 3 is 2.51 bits per heavy atom. The number of hydrogen-bond acceptors (Lipinski definition) is 8. The summed E-state index contributed by atoms with van der Waals surface area (Å²) in [6.45, 7) is 13.9. The Balaban J connectivity index is 1.23. The third-order valence-corrected chi connectivity index (χ3v) is 8.34. The van der Waals surface area contributed by atoms with Crippen LogP contribution in [-0.4, -0.2) is 76.5 Å². The minimum absolute atomic E-state index is 0.0107. The third kappa shape index (κ3) is 6.01. The molecule has 2 fully saturated rings. The topological polar surface area (TPSA) is 80.6 Å². The van der Waals surface area contributed by atoms with Crippen molar-refractivity contribution >= 4 is 28.4 Å². The Labute approximate surface area is 250 Å². The quantitative estimate of drug-likeness (QED) is 0.263. The Kier molecular flexibility index (Phi) is 8.45. The molecule has 2 aromatic heterocycles. The van der Waals surface area contributed by atoms with Crippen molar-refractivity contribution in [3.8, 4) is 17.0 Å². The van der Waals surface area contributed by atoms with Gasteiger partial charge in [0.05, 0.1) is 24.0 Å². The van der Waals surface area contributed by atoms with E-state index in [-0.39, 0.29) is 23.2 Å². The zero-order valence-electron chi connectivity index (χ0n) is 25.2. The Bertz CT molecular complexity index is 1590. The van der Waals surface area contributed by atoms with Gasteiger partial charge >= 0.3 is 0 Å². The van der Waals surface area contributed by atoms with E-state index in [1.54, 1.807) is 6.07 Å². The zero-order valence-corrected chi connectivity index (χ0v) is 25.2. The van der Waals surface area contributed by atoms with Crippen LogP contribution in [0.25, 0.3) is 22.3 Å². The number of imidazole rings is 1. The molecule has 1 N–H and O–H groups in total. The number of hydrogen-bond donors (Lipinski definition) is 1. The van der Waals surface area contributed by atoms with Gasteiger partial charge in [0, 0.05) is 68.8 Å². The first-order chi connectivity index (χ1) is 20.8. The number of aromatic nitrogens is 4. The van der Waals surface area contributed by atoms with Crippen LogP contribution in [0.4, 0.5) is 26.1 Å². The minimum atomic E-state index is -0.637. The second-order valence-electron chi connectivity index (χ2n) is 11.4. The molecule has 0 aliphatic carbocycles. The van der Waals surface area contributed by atoms with E-state index in [0.29, 0.717) is 35.2 Å². The van der Waals surface area contributed by atoms with Crippen molar-refractivity contribution < 1.29 is 18.3 Å². The van der Waals surface area contributed by atoms with E-state index in [0.717, 1.165) is 69.9 Å². The van der Waals surface area contributed by atoms with Crippen molar-refractivity contribution in [2.24, 2.45) is 0 Å². The number of ether oxygens (including phenoxy) is 2. The number of aryl methyl sites for hydroxylation is 1. The summed E-state index contributed by atoms with van der Waals surface area (Å²) < 4.78 is 43.7. The number of nitrogens with zero attached hydrogens (tertiary/aromatic N) is 6. The van der Waals surface area contributed by atoms with Crippen LogP contribution in [0, 0.1) is 18.6 Å². The Hall–Kier alpha value is -3.83. The minimum Gasteiger partial charge on any atom is -0.492 e. The number of anilines is 3. The van der Waals surface area contributed by atoms with Crippen molar-refractivity contribution in [2.75, 3.05) is 56.2 Å². The maximum absolute atomic E-state index is 15.1. The van der Waals surface area contributed by atoms with Crippen LogP contribution in [0.3, 0.4) is 0 Å². The first-order valence-electron chi connectivity index (χ1n) is 15.1. The van der Waals surface area contributed by atoms with Crippen molar-refractivity contribution in [3.63, 3.8) is 0 Å². The monoisotopic (exact) mass is 591 g/mol. The molecule has 2 saturated heterocycles. The highest BCUT2D eigenvalue weighted by molar-refractivity contribution is 5.83. The van der Waals surface area contributed by atoms with Gasteiger partial charge < -0.3 is 24.3 Å². The maximum Gasteiger partial charge on any atom is 0.227 e. The van der Waals surface area contributed by atoms with Crippen molar-refractivity contribution in [1.82, 2.24) is 24.4 Å². The summed E-state index contributed by atoms with van der Waals surface area (Å²) in [5.74, 6) is 0.501. The fourth-order valence-electron chi connectivity index (χ4n) is 6.32. The molecule has 2 aliphatic heterocycles. The molecule has 0 amide bonds. The lowest BCUT2D eigenvalue weighted by atomic mass is 10.1. The molecule has 0 spiro atoms. The smallest absolute Gasteiger partial charge is 0.227 e. The fraction of sp³-hybridized carbons (Fsp3) is 0.469. The number of nitrogens with one attached hydrogen (secondary N) is 1. The average Bonchev–Trinajstić information content (AvgIpc) is 3.35. The molecule has 2 aliphatic rings. The summed E-state index contributed by atoms with van der Waals surface area (Å²) in [5.41, 5.74) is 2.94. The molecule has 6 rings (SSSR count). The highest BCUT2D eigenvalue weighted by Gasteiger charge is 2.27. The summed E-state index contributed by atoms with van der Waals surface area (Å²) in [6, 6.07) is 9.59. The first-order valence-corrected chi connectivity index (χ1v) is 15.1. The van der Waals surface area contributed by atoms with Crippen LogP contribution in [0.1, 0.15) is 45.5 Å². The van der Waals surface area contributed by atoms with Crippen LogP contribution < -0.4 is 15.0 Å². The van der Waals surface area contributed by atoms with Gasteiger partial charge in [-0.1, -0.05) is 0 Å². The lowest BCUT2D eigenvalue weighted by Gasteiger charge is -2.41. The Morgan fingerprint density at radius 1 is 1.02 bits per heavy atom. The van der Waals surface area contributed by atoms with Crippen molar-refractivity contribution in [3.05, 3.63) is 54.0 Å². The molecular formula is C32H39F2N7O2. The summed E-state index contributed by atoms with van der Waals surface area (Å²) in [5, 5.41) is 3.19. The third-order valence-electron chi connectivity index (χ3n) is 8.34. The molecule has 0 bridgehead atoms. The average molecular weight is 592 g/mol. The van der Waals surface area contributed by atoms with Crippen molar-refractivity contribution in [2.45, 2.75) is 52.6 Å². The molecule has 0 saturated carbocycles. The van der Waals surface area contributed by atoms with E-state index in [1.807, 2.05) is 50.5 Å². The van der Waals surface area contributed by atoms with Crippen LogP contribution in [0.15, 0.2) is 36.5 Å². The lowest BCUT2D eigenvalue weighted by Crippen LogP contribution is -2.51. The zero-order chi connectivity index (χ0) is 30.1. The van der Waals surface area contributed by atoms with Gasteiger partial charge in [-0.15, -0.1) is 0 Å². The molecule has 4 heterocycles. The standard InChI is InChI=1S/C32H39F2N7O2/c1-5-43-29-18-23(6-7-27(29)40-12-10-39(11-13-40)24-8-14-42-15-9-24)37-32-35-19-26(34)30(38-32)22-16-25(33)31-28(17-22)41(20(2)3)21(4)36-31/h6-7,16-20,24H,5,8-15H2,1-4H3,(H,35,37,38). The van der Waals surface area contributed by atoms with Crippen LogP contribution >= 0.6 is 0 Å². The Morgan fingerprint density at radius 2 is 1.79 bits per heavy atom. The summed E-state index contributed by atoms with van der Waals surface area (Å²) in [7, 11) is 0. The summed E-state index contributed by atoms with van der Waals surface area (Å²) >= 11 is 0. The molecule has 0 atom stereocenters. The van der Waals surface area contributed by atoms with Gasteiger partial charge in [-0.2, -0.15) is 0 Å². The molecule has 11 heteroatoms. The van der Waals surface area contributed by atoms with Crippen molar-refractivity contribution in [1.29, 1.82) is 0 Å². The van der Waals surface area contributed by atoms with E-state index >= 15 is 8.78 Å². The van der Waals surface area contributed by atoms with Gasteiger partial charge in [-0.25, -0.2) is 23.7 Å². The molecule has 228 valence electrons. The van der Waals surface area contributed by atoms with Crippen LogP contribution in [-0.2, 0) is 4.74 Å². The van der Waals surface area contributed by atoms with Crippen LogP contribution in [0.5, 0.6) is 5.75 Å². The normalized spacial score (nSPS) is 16.8. The van der Waals surface area contributed by atoms with E-state index < -0.39 is 11.6 Å². The van der Waals surface area contributed by atoms with E-state index in [1.165, 1.54) is 6.07 Å². The van der Waals surface area contributed by atoms with E-state index in [4.69, 9.17) is 9.47 Å². The van der Waals surface area contributed by atoms with Crippen LogP contribution in [0.2, 0.25) is 0 Å². The van der Waals surface area contributed by atoms with Gasteiger partial charge in [0.25, 0.3) is 0 Å². The predicted molar refractivity (Wildman–Crippen MR) is 164 cm³/mol. The highest BCUT2D eigenvalue weighted by atomic mass is 19.1. The molecular weight excluding hydrogens is 552 g/mol.